The second kappa shape index (κ2) is 12.0. The van der Waals surface area contributed by atoms with Gasteiger partial charge in [-0.3, -0.25) is 9.96 Å². The fourth-order valence-corrected chi connectivity index (χ4v) is 5.65. The van der Waals surface area contributed by atoms with Crippen LogP contribution in [-0.2, 0) is 30.4 Å². The molecule has 0 heterocycles. The summed E-state index contributed by atoms with van der Waals surface area (Å²) in [6, 6.07) is 5.65. The van der Waals surface area contributed by atoms with Crippen molar-refractivity contribution in [1.82, 2.24) is 0 Å². The van der Waals surface area contributed by atoms with Crippen molar-refractivity contribution in [3.8, 4) is 0 Å². The van der Waals surface area contributed by atoms with Gasteiger partial charge in [-0.15, -0.1) is 0 Å². The van der Waals surface area contributed by atoms with E-state index in [0.717, 1.165) is 24.3 Å². The van der Waals surface area contributed by atoms with E-state index in [2.05, 4.69) is 0 Å². The number of benzene rings is 2. The number of nitrogens with two attached hydrogens (primary N) is 2. The van der Waals surface area contributed by atoms with Gasteiger partial charge in [-0.25, -0.2) is 16.8 Å². The number of hydrogen-bond acceptors (Lipinski definition) is 11. The number of rotatable bonds is 5. The third kappa shape index (κ3) is 7.24. The van der Waals surface area contributed by atoms with Crippen LogP contribution in [0.15, 0.2) is 68.3 Å². The molecular formula is C21H19N3Na2O9S3. The zero-order valence-corrected chi connectivity index (χ0v) is 27.1. The van der Waals surface area contributed by atoms with E-state index in [1.165, 1.54) is 32.1 Å². The molecule has 0 saturated heterocycles. The van der Waals surface area contributed by atoms with Crippen molar-refractivity contribution in [2.24, 2.45) is 0 Å². The van der Waals surface area contributed by atoms with Crippen LogP contribution in [0.4, 0.5) is 11.4 Å². The largest absolute Gasteiger partial charge is 1.00 e. The van der Waals surface area contributed by atoms with Crippen molar-refractivity contribution in [2.75, 3.05) is 11.5 Å². The number of allylic oxidation sites excluding steroid dienone is 5. The fourth-order valence-electron chi connectivity index (χ4n) is 3.63. The molecule has 0 unspecified atom stereocenters. The maximum absolute atomic E-state index is 11.9. The van der Waals surface area contributed by atoms with Crippen LogP contribution < -0.4 is 70.6 Å². The van der Waals surface area contributed by atoms with Gasteiger partial charge in [0.2, 0.25) is 0 Å². The van der Waals surface area contributed by atoms with E-state index in [1.54, 1.807) is 0 Å². The van der Waals surface area contributed by atoms with Crippen LogP contribution in [-0.4, -0.2) is 44.6 Å². The Morgan fingerprint density at radius 2 is 1.39 bits per heavy atom. The van der Waals surface area contributed by atoms with Gasteiger partial charge >= 0.3 is 59.1 Å². The summed E-state index contributed by atoms with van der Waals surface area (Å²) >= 11 is 0. The van der Waals surface area contributed by atoms with Crippen LogP contribution in [0.5, 0.6) is 0 Å². The topological polar surface area (TPSA) is 245 Å². The molecule has 192 valence electrons. The number of nitrogen functional groups attached to an aromatic ring is 2. The van der Waals surface area contributed by atoms with E-state index in [-0.39, 0.29) is 104 Å². The van der Waals surface area contributed by atoms with Gasteiger partial charge in [-0.2, -0.15) is 8.42 Å². The molecular weight excluding hydrogens is 580 g/mol. The molecule has 6 N–H and O–H groups in total. The summed E-state index contributed by atoms with van der Waals surface area (Å²) in [6.07, 6.45) is 2.18. The average Bonchev–Trinajstić information content (AvgIpc) is 2.71. The van der Waals surface area contributed by atoms with Crippen LogP contribution in [0.1, 0.15) is 23.6 Å². The first kappa shape index (κ1) is 34.7. The standard InChI is InChI=1S/C21H21N3O9S3.2Na/c1-10-5-13(8-17(20(10)23)35(28,29)30)19(12-3-4-15(22)16(7-12)34(25,26)27)14-6-11(2)21(24)18(9-14)36(31,32)33;;/h3-9,23H,22,24H2,1-2H3,(H,25,26,27)(H,28,29,30)(H,31,32,33);;/q;2*+1/p-2/b19-13+,23-20?;;. The van der Waals surface area contributed by atoms with Crippen molar-refractivity contribution in [2.45, 2.75) is 23.6 Å². The Hall–Kier alpha value is -1.34. The maximum atomic E-state index is 11.9. The van der Waals surface area contributed by atoms with Crippen LogP contribution in [0, 0.1) is 12.3 Å². The zero-order valence-electron chi connectivity index (χ0n) is 20.6. The van der Waals surface area contributed by atoms with Gasteiger partial charge in [0.1, 0.15) is 25.1 Å². The average molecular weight is 600 g/mol. The maximum Gasteiger partial charge on any atom is 1.00 e. The van der Waals surface area contributed by atoms with Gasteiger partial charge in [0.05, 0.1) is 26.9 Å². The predicted octanol–water partition coefficient (Wildman–Crippen LogP) is -4.47. The summed E-state index contributed by atoms with van der Waals surface area (Å²) in [4.78, 5) is -2.37. The SMILES string of the molecule is CC1=C/C(=C(\c2cc(C)c(N)c(S(=O)(=O)[O-])c2)c2ccc(N)c(S(=O)(=O)O)c2)C=C(S(=O)(=O)[O-])C1=N.[Na+].[Na+]. The van der Waals surface area contributed by atoms with E-state index in [9.17, 15) is 38.9 Å². The summed E-state index contributed by atoms with van der Waals surface area (Å²) < 4.78 is 104. The Morgan fingerprint density at radius 1 is 0.842 bits per heavy atom. The minimum absolute atomic E-state index is 0. The fraction of sp³-hybridized carbons (Fsp3) is 0.0952. The normalized spacial score (nSPS) is 15.6. The first-order valence-electron chi connectivity index (χ1n) is 9.75. The number of nitrogens with one attached hydrogen (secondary N) is 1. The van der Waals surface area contributed by atoms with E-state index >= 15 is 0 Å². The van der Waals surface area contributed by atoms with Crippen molar-refractivity contribution in [3.05, 3.63) is 75.2 Å². The Kier molecular flexibility index (Phi) is 11.0. The van der Waals surface area contributed by atoms with Gasteiger partial charge in [0.25, 0.3) is 10.1 Å². The second-order valence-corrected chi connectivity index (χ2v) is 12.0. The molecule has 0 fully saturated rings. The predicted molar refractivity (Wildman–Crippen MR) is 130 cm³/mol. The Labute approximate surface area is 264 Å². The summed E-state index contributed by atoms with van der Waals surface area (Å²) in [5.74, 6) is 0. The number of aryl methyl sites for hydroxylation is 1. The van der Waals surface area contributed by atoms with Gasteiger partial charge < -0.3 is 20.6 Å². The Bertz CT molecular complexity index is 1760. The molecule has 3 rings (SSSR count). The summed E-state index contributed by atoms with van der Waals surface area (Å²) in [6.45, 7) is 2.76. The zero-order chi connectivity index (χ0) is 27.4. The quantitative estimate of drug-likeness (QED) is 0.145. The molecule has 17 heteroatoms. The van der Waals surface area contributed by atoms with Crippen molar-refractivity contribution in [1.29, 1.82) is 5.41 Å². The van der Waals surface area contributed by atoms with E-state index in [1.807, 2.05) is 0 Å². The molecule has 0 saturated carbocycles. The minimum Gasteiger partial charge on any atom is -0.744 e. The Morgan fingerprint density at radius 3 is 1.89 bits per heavy atom. The third-order valence-corrected chi connectivity index (χ3v) is 7.99. The number of hydrogen-bond donors (Lipinski definition) is 4. The summed E-state index contributed by atoms with van der Waals surface area (Å²) in [5.41, 5.74) is 10.3. The molecule has 2 aromatic rings. The molecule has 1 aliphatic carbocycles. The van der Waals surface area contributed by atoms with Gasteiger partial charge in [0.15, 0.2) is 0 Å². The van der Waals surface area contributed by atoms with E-state index in [4.69, 9.17) is 16.9 Å². The number of anilines is 2. The molecule has 0 radical (unpaired) electrons. The van der Waals surface area contributed by atoms with Gasteiger partial charge in [0, 0.05) is 0 Å². The van der Waals surface area contributed by atoms with Crippen LogP contribution >= 0.6 is 0 Å². The monoisotopic (exact) mass is 599 g/mol. The summed E-state index contributed by atoms with van der Waals surface area (Å²) in [5, 5.41) is 7.97. The molecule has 0 amide bonds. The van der Waals surface area contributed by atoms with Crippen LogP contribution in [0.3, 0.4) is 0 Å². The molecule has 0 bridgehead atoms. The van der Waals surface area contributed by atoms with Gasteiger partial charge in [-0.1, -0.05) is 6.07 Å². The smallest absolute Gasteiger partial charge is 0.744 e. The van der Waals surface area contributed by atoms with Crippen molar-refractivity contribution in [3.63, 3.8) is 0 Å². The third-order valence-electron chi connectivity index (χ3n) is 5.34. The molecule has 38 heavy (non-hydrogen) atoms. The molecule has 1 aliphatic rings. The second-order valence-electron chi connectivity index (χ2n) is 7.88. The Balaban J connectivity index is 0.00000361. The van der Waals surface area contributed by atoms with E-state index < -0.39 is 50.8 Å². The van der Waals surface area contributed by atoms with Crippen LogP contribution in [0.2, 0.25) is 0 Å². The molecule has 2 aromatic carbocycles. The molecule has 0 spiro atoms. The molecule has 12 nitrogen and oxygen atoms in total. The first-order chi connectivity index (χ1) is 16.3. The first-order valence-corrected chi connectivity index (χ1v) is 14.0. The van der Waals surface area contributed by atoms with Crippen molar-refractivity contribution >= 4 is 53.0 Å². The van der Waals surface area contributed by atoms with E-state index in [0.29, 0.717) is 0 Å². The van der Waals surface area contributed by atoms with Gasteiger partial charge in [-0.05, 0) is 83.7 Å². The molecule has 0 aliphatic heterocycles. The molecule has 0 aromatic heterocycles. The molecule has 0 atom stereocenters. The van der Waals surface area contributed by atoms with Crippen LogP contribution in [0.25, 0.3) is 5.57 Å². The van der Waals surface area contributed by atoms with Crippen molar-refractivity contribution < 1.29 is 98.0 Å². The minimum atomic E-state index is -5.13. The summed E-state index contributed by atoms with van der Waals surface area (Å²) in [7, 11) is -15.0.